The van der Waals surface area contributed by atoms with Gasteiger partial charge in [-0.2, -0.15) is 18.2 Å². The number of amides is 1. The van der Waals surface area contributed by atoms with Crippen molar-refractivity contribution in [3.8, 4) is 34.0 Å². The van der Waals surface area contributed by atoms with Gasteiger partial charge in [-0.05, 0) is 46.9 Å². The van der Waals surface area contributed by atoms with Crippen LogP contribution < -0.4 is 4.74 Å². The van der Waals surface area contributed by atoms with Crippen LogP contribution in [0.25, 0.3) is 33.3 Å². The number of benzene rings is 4. The number of aromatic amines is 1. The van der Waals surface area contributed by atoms with Crippen LogP contribution in [0.4, 0.5) is 22.0 Å². The molecule has 1 aliphatic heterocycles. The van der Waals surface area contributed by atoms with E-state index < -0.39 is 30.3 Å². The minimum atomic E-state index is -4.35. The third kappa shape index (κ3) is 7.00. The third-order valence-corrected chi connectivity index (χ3v) is 8.11. The first-order valence-corrected chi connectivity index (χ1v) is 14.9. The summed E-state index contributed by atoms with van der Waals surface area (Å²) in [5.74, 6) is -2.33. The number of hydrogen-bond acceptors (Lipinski definition) is 6. The van der Waals surface area contributed by atoms with E-state index in [-0.39, 0.29) is 60.4 Å². The van der Waals surface area contributed by atoms with E-state index >= 15 is 8.78 Å². The van der Waals surface area contributed by atoms with Crippen molar-refractivity contribution >= 4 is 22.9 Å². The van der Waals surface area contributed by atoms with Crippen LogP contribution in [0.2, 0.25) is 0 Å². The van der Waals surface area contributed by atoms with Crippen LogP contribution in [0.15, 0.2) is 72.8 Å². The summed E-state index contributed by atoms with van der Waals surface area (Å²) in [6.07, 6.45) is -4.35. The number of alkyl halides is 3. The smallest absolute Gasteiger partial charge is 0.401 e. The van der Waals surface area contributed by atoms with Crippen molar-refractivity contribution in [2.24, 2.45) is 0 Å². The van der Waals surface area contributed by atoms with E-state index in [9.17, 15) is 22.8 Å². The zero-order valence-electron chi connectivity index (χ0n) is 25.8. The lowest BCUT2D eigenvalue weighted by molar-refractivity contribution is -0.157. The number of nitrogens with zero attached hydrogens (tertiary/aromatic N) is 3. The van der Waals surface area contributed by atoms with E-state index in [0.29, 0.717) is 16.7 Å². The molecule has 13 heteroatoms. The molecule has 248 valence electrons. The Morgan fingerprint density at radius 3 is 2.25 bits per heavy atom. The zero-order valence-corrected chi connectivity index (χ0v) is 25.8. The zero-order chi connectivity index (χ0) is 34.2. The van der Waals surface area contributed by atoms with Gasteiger partial charge in [-0.1, -0.05) is 54.6 Å². The molecule has 0 unspecified atom stereocenters. The maximum absolute atomic E-state index is 15.7. The van der Waals surface area contributed by atoms with Gasteiger partial charge in [0.25, 0.3) is 6.01 Å². The molecule has 1 aromatic heterocycles. The molecule has 1 amide bonds. The number of rotatable bonds is 8. The summed E-state index contributed by atoms with van der Waals surface area (Å²) in [5.41, 5.74) is 3.39. The predicted octanol–water partition coefficient (Wildman–Crippen LogP) is 7.27. The second kappa shape index (κ2) is 13.1. The number of ether oxygens (including phenoxy) is 2. The molecule has 1 fully saturated rings. The highest BCUT2D eigenvalue weighted by Crippen LogP contribution is 2.34. The predicted molar refractivity (Wildman–Crippen MR) is 167 cm³/mol. The molecule has 0 spiro atoms. The summed E-state index contributed by atoms with van der Waals surface area (Å²) in [6, 6.07) is 19.8. The van der Waals surface area contributed by atoms with E-state index in [1.165, 1.54) is 18.1 Å². The molecule has 1 aliphatic rings. The molecule has 1 saturated heterocycles. The van der Waals surface area contributed by atoms with E-state index in [1.807, 2.05) is 24.3 Å². The molecule has 0 bridgehead atoms. The molecule has 0 atom stereocenters. The number of piperazine rings is 1. The van der Waals surface area contributed by atoms with Crippen molar-refractivity contribution in [2.75, 3.05) is 33.3 Å². The first-order chi connectivity index (χ1) is 22.9. The van der Waals surface area contributed by atoms with Crippen molar-refractivity contribution in [3.05, 3.63) is 101 Å². The maximum atomic E-state index is 15.7. The van der Waals surface area contributed by atoms with Crippen LogP contribution in [-0.2, 0) is 16.1 Å². The standard InChI is InChI=1S/C35H29F5N4O4/c1-20-3-12-25(15-26(20)33(46)47-2)48-34-41-28-16-27(36)30(31(37)32(28)42-34)24-10-8-23(9-11-24)22-6-4-21(5-7-22)17-44-14-13-43(18-29(44)45)19-35(38,39)40/h3-12,15-16H,13-14,17-19H2,1-2H3,(H,41,42). The Bertz CT molecular complexity index is 1990. The fraction of sp³-hybridized carbons (Fsp3) is 0.229. The van der Waals surface area contributed by atoms with Gasteiger partial charge in [0, 0.05) is 25.7 Å². The normalized spacial score (nSPS) is 14.1. The lowest BCUT2D eigenvalue weighted by Gasteiger charge is -2.34. The summed E-state index contributed by atoms with van der Waals surface area (Å²) in [7, 11) is 1.27. The summed E-state index contributed by atoms with van der Waals surface area (Å²) >= 11 is 0. The second-order valence-electron chi connectivity index (χ2n) is 11.5. The number of aryl methyl sites for hydroxylation is 1. The number of imidazole rings is 1. The molecular weight excluding hydrogens is 635 g/mol. The monoisotopic (exact) mass is 664 g/mol. The summed E-state index contributed by atoms with van der Waals surface area (Å²) in [6.45, 7) is 0.978. The maximum Gasteiger partial charge on any atom is 0.401 e. The van der Waals surface area contributed by atoms with Crippen molar-refractivity contribution in [3.63, 3.8) is 0 Å². The molecule has 5 aromatic rings. The van der Waals surface area contributed by atoms with E-state index in [0.717, 1.165) is 27.7 Å². The van der Waals surface area contributed by atoms with Crippen molar-refractivity contribution < 1.29 is 41.0 Å². The summed E-state index contributed by atoms with van der Waals surface area (Å²) in [4.78, 5) is 34.0. The first kappa shape index (κ1) is 32.6. The molecule has 0 aliphatic carbocycles. The number of nitrogens with one attached hydrogen (secondary N) is 1. The topological polar surface area (TPSA) is 87.8 Å². The van der Waals surface area contributed by atoms with Gasteiger partial charge in [-0.25, -0.2) is 13.6 Å². The van der Waals surface area contributed by atoms with E-state index in [4.69, 9.17) is 9.47 Å². The summed E-state index contributed by atoms with van der Waals surface area (Å²) in [5, 5.41) is 0. The Morgan fingerprint density at radius 1 is 0.938 bits per heavy atom. The molecule has 1 N–H and O–H groups in total. The van der Waals surface area contributed by atoms with Gasteiger partial charge < -0.3 is 19.4 Å². The second-order valence-corrected chi connectivity index (χ2v) is 11.5. The number of esters is 1. The SMILES string of the molecule is COC(=O)c1cc(Oc2nc3c(F)c(-c4ccc(-c5ccc(CN6CCN(CC(F)(F)F)CC6=O)cc5)cc4)c(F)cc3[nH]2)ccc1C. The molecular formula is C35H29F5N4O4. The Balaban J connectivity index is 1.15. The van der Waals surface area contributed by atoms with Crippen LogP contribution in [0, 0.1) is 18.6 Å². The fourth-order valence-electron chi connectivity index (χ4n) is 5.64. The first-order valence-electron chi connectivity index (χ1n) is 14.9. The highest BCUT2D eigenvalue weighted by Gasteiger charge is 2.34. The summed E-state index contributed by atoms with van der Waals surface area (Å²) < 4.78 is 79.5. The Hall–Kier alpha value is -5.30. The minimum Gasteiger partial charge on any atom is -0.465 e. The third-order valence-electron chi connectivity index (χ3n) is 8.11. The Kier molecular flexibility index (Phi) is 8.89. The van der Waals surface area contributed by atoms with Crippen LogP contribution in [0.1, 0.15) is 21.5 Å². The quantitative estimate of drug-likeness (QED) is 0.139. The van der Waals surface area contributed by atoms with Gasteiger partial charge in [-0.3, -0.25) is 9.69 Å². The number of halogens is 5. The van der Waals surface area contributed by atoms with Crippen molar-refractivity contribution in [1.29, 1.82) is 0 Å². The largest absolute Gasteiger partial charge is 0.465 e. The number of hydrogen-bond donors (Lipinski definition) is 1. The number of carbonyl (C=O) groups excluding carboxylic acids is 2. The van der Waals surface area contributed by atoms with Crippen LogP contribution in [0.5, 0.6) is 11.8 Å². The molecule has 0 radical (unpaired) electrons. The van der Waals surface area contributed by atoms with Crippen LogP contribution >= 0.6 is 0 Å². The van der Waals surface area contributed by atoms with Gasteiger partial charge in [-0.15, -0.1) is 0 Å². The molecule has 48 heavy (non-hydrogen) atoms. The van der Waals surface area contributed by atoms with Gasteiger partial charge in [0.2, 0.25) is 5.91 Å². The van der Waals surface area contributed by atoms with Gasteiger partial charge in [0.1, 0.15) is 17.1 Å². The average Bonchev–Trinajstić information content (AvgIpc) is 3.45. The van der Waals surface area contributed by atoms with Gasteiger partial charge in [0.05, 0.1) is 36.8 Å². The number of H-pyrrole nitrogens is 1. The van der Waals surface area contributed by atoms with Gasteiger partial charge >= 0.3 is 12.1 Å². The Morgan fingerprint density at radius 2 is 1.60 bits per heavy atom. The average molecular weight is 665 g/mol. The molecule has 8 nitrogen and oxygen atoms in total. The van der Waals surface area contributed by atoms with Gasteiger partial charge in [0.15, 0.2) is 5.82 Å². The lowest BCUT2D eigenvalue weighted by Crippen LogP contribution is -2.52. The number of methoxy groups -OCH3 is 1. The van der Waals surface area contributed by atoms with E-state index in [1.54, 1.807) is 43.3 Å². The number of fused-ring (bicyclic) bond motifs is 1. The van der Waals surface area contributed by atoms with Crippen LogP contribution in [0.3, 0.4) is 0 Å². The molecule has 0 saturated carbocycles. The number of aromatic nitrogens is 2. The Labute approximate surface area is 271 Å². The minimum absolute atomic E-state index is 0.0886. The number of carbonyl (C=O) groups is 2. The fourth-order valence-corrected chi connectivity index (χ4v) is 5.64. The lowest BCUT2D eigenvalue weighted by atomic mass is 9.98. The van der Waals surface area contributed by atoms with E-state index in [2.05, 4.69) is 9.97 Å². The molecule has 2 heterocycles. The van der Waals surface area contributed by atoms with Crippen molar-refractivity contribution in [2.45, 2.75) is 19.6 Å². The molecule has 4 aromatic carbocycles. The highest BCUT2D eigenvalue weighted by molar-refractivity contribution is 5.91. The van der Waals surface area contributed by atoms with Crippen molar-refractivity contribution in [1.82, 2.24) is 19.8 Å². The van der Waals surface area contributed by atoms with Crippen LogP contribution in [-0.4, -0.2) is 71.1 Å². The molecule has 6 rings (SSSR count). The highest BCUT2D eigenvalue weighted by atomic mass is 19.4.